The van der Waals surface area contributed by atoms with Crippen LogP contribution in [0.1, 0.15) is 52.4 Å². The molecule has 1 amide bonds. The van der Waals surface area contributed by atoms with Crippen molar-refractivity contribution in [1.82, 2.24) is 19.1 Å². The Labute approximate surface area is 194 Å². The molecule has 0 saturated carbocycles. The molecule has 10 nitrogen and oxygen atoms in total. The number of carbonyl (C=O) groups is 1. The lowest BCUT2D eigenvalue weighted by Gasteiger charge is -2.24. The van der Waals surface area contributed by atoms with Gasteiger partial charge in [0.1, 0.15) is 10.6 Å². The summed E-state index contributed by atoms with van der Waals surface area (Å²) in [6.45, 7) is 4.79. The molecule has 0 radical (unpaired) electrons. The summed E-state index contributed by atoms with van der Waals surface area (Å²) in [5.74, 6) is -0.359. The Bertz CT molecular complexity index is 1290. The highest BCUT2D eigenvalue weighted by atomic mass is 32.1. The number of nitrogens with zero attached hydrogens (tertiary/aromatic N) is 4. The third kappa shape index (κ3) is 5.41. The number of fused-ring (bicyclic) bond motifs is 1. The minimum atomic E-state index is -0.686. The maximum atomic E-state index is 13.2. The Morgan fingerprint density at radius 2 is 1.91 bits per heavy atom. The highest BCUT2D eigenvalue weighted by molar-refractivity contribution is 7.16. The molecule has 3 aromatic rings. The van der Waals surface area contributed by atoms with E-state index in [4.69, 9.17) is 5.73 Å². The van der Waals surface area contributed by atoms with E-state index in [0.717, 1.165) is 19.3 Å². The lowest BCUT2D eigenvalue weighted by molar-refractivity contribution is -0.118. The molecule has 3 heterocycles. The fourth-order valence-electron chi connectivity index (χ4n) is 3.66. The van der Waals surface area contributed by atoms with Gasteiger partial charge in [-0.3, -0.25) is 28.5 Å². The largest absolute Gasteiger partial charge is 0.383 e. The molecule has 0 aliphatic carbocycles. The molecule has 0 aliphatic rings. The summed E-state index contributed by atoms with van der Waals surface area (Å²) in [6, 6.07) is 1.71. The molecule has 178 valence electrons. The van der Waals surface area contributed by atoms with E-state index in [1.807, 2.05) is 13.8 Å². The predicted octanol–water partition coefficient (Wildman–Crippen LogP) is 2.30. The van der Waals surface area contributed by atoms with Gasteiger partial charge in [0.05, 0.1) is 11.7 Å². The van der Waals surface area contributed by atoms with Gasteiger partial charge < -0.3 is 10.6 Å². The maximum Gasteiger partial charge on any atom is 0.330 e. The van der Waals surface area contributed by atoms with Crippen molar-refractivity contribution in [2.45, 2.75) is 65.5 Å². The zero-order valence-electron chi connectivity index (χ0n) is 19.0. The summed E-state index contributed by atoms with van der Waals surface area (Å²) in [4.78, 5) is 59.4. The number of unbranched alkanes of at least 4 members (excludes halogenated alkanes) is 3. The van der Waals surface area contributed by atoms with E-state index in [9.17, 15) is 19.2 Å². The van der Waals surface area contributed by atoms with Crippen molar-refractivity contribution >= 4 is 39.0 Å². The number of aryl methyl sites for hydroxylation is 1. The average Bonchev–Trinajstić information content (AvgIpc) is 3.27. The maximum absolute atomic E-state index is 13.2. The zero-order chi connectivity index (χ0) is 24.0. The molecule has 0 atom stereocenters. The van der Waals surface area contributed by atoms with Crippen molar-refractivity contribution in [2.75, 3.05) is 17.2 Å². The molecule has 11 heteroatoms. The van der Waals surface area contributed by atoms with Crippen LogP contribution in [0.15, 0.2) is 32.2 Å². The molecule has 3 N–H and O–H groups in total. The topological polar surface area (TPSA) is 136 Å². The first-order valence-corrected chi connectivity index (χ1v) is 12.1. The number of nitrogens with two attached hydrogens (primary N) is 1. The number of hydrogen-bond donors (Lipinski definition) is 2. The highest BCUT2D eigenvalue weighted by Crippen LogP contribution is 2.20. The van der Waals surface area contributed by atoms with Crippen LogP contribution in [0, 0.1) is 0 Å². The number of aromatic amines is 1. The lowest BCUT2D eigenvalue weighted by atomic mass is 10.2. The summed E-state index contributed by atoms with van der Waals surface area (Å²) < 4.78 is 2.70. The van der Waals surface area contributed by atoms with Gasteiger partial charge in [-0.15, -0.1) is 11.3 Å². The number of hydrogen-bond acceptors (Lipinski definition) is 7. The van der Waals surface area contributed by atoms with E-state index in [1.54, 1.807) is 11.4 Å². The smallest absolute Gasteiger partial charge is 0.330 e. The molecule has 0 aromatic carbocycles. The minimum absolute atomic E-state index is 0.00874. The van der Waals surface area contributed by atoms with Crippen molar-refractivity contribution in [3.05, 3.63) is 49.0 Å². The fourth-order valence-corrected chi connectivity index (χ4v) is 4.38. The first-order chi connectivity index (χ1) is 15.9. The van der Waals surface area contributed by atoms with Gasteiger partial charge in [0.2, 0.25) is 5.91 Å². The molecular weight excluding hydrogens is 444 g/mol. The van der Waals surface area contributed by atoms with Gasteiger partial charge in [0.15, 0.2) is 5.69 Å². The van der Waals surface area contributed by atoms with Gasteiger partial charge in [0, 0.05) is 26.1 Å². The van der Waals surface area contributed by atoms with Crippen molar-refractivity contribution in [2.24, 2.45) is 0 Å². The van der Waals surface area contributed by atoms with Gasteiger partial charge in [-0.05, 0) is 24.3 Å². The normalized spacial score (nSPS) is 11.2. The molecule has 0 saturated heterocycles. The van der Waals surface area contributed by atoms with Gasteiger partial charge >= 0.3 is 5.69 Å². The summed E-state index contributed by atoms with van der Waals surface area (Å²) in [6.07, 6.45) is 5.45. The summed E-state index contributed by atoms with van der Waals surface area (Å²) in [5.41, 5.74) is 4.74. The molecular formula is C22H30N6O4S. The molecule has 0 unspecified atom stereocenters. The summed E-state index contributed by atoms with van der Waals surface area (Å²) in [7, 11) is 0. The Morgan fingerprint density at radius 1 is 1.15 bits per heavy atom. The van der Waals surface area contributed by atoms with Gasteiger partial charge in [0.25, 0.3) is 11.1 Å². The monoisotopic (exact) mass is 474 g/mol. The molecule has 0 spiro atoms. The number of amides is 1. The first kappa shape index (κ1) is 24.4. The van der Waals surface area contributed by atoms with Crippen molar-refractivity contribution in [3.8, 4) is 0 Å². The van der Waals surface area contributed by atoms with Crippen molar-refractivity contribution in [1.29, 1.82) is 0 Å². The SMILES string of the molecule is CCCCCN(C(=O)CCn1cnc2sccc2c1=O)c1c(N)n(CCCC)c(=O)[nH]c1=O. The number of anilines is 2. The number of nitrogen functional groups attached to an aromatic ring is 1. The fraction of sp³-hybridized carbons (Fsp3) is 0.500. The van der Waals surface area contributed by atoms with Crippen molar-refractivity contribution in [3.63, 3.8) is 0 Å². The number of rotatable bonds is 11. The van der Waals surface area contributed by atoms with E-state index in [0.29, 0.717) is 36.1 Å². The van der Waals surface area contributed by atoms with Gasteiger partial charge in [-0.2, -0.15) is 0 Å². The van der Waals surface area contributed by atoms with Crippen LogP contribution in [-0.2, 0) is 17.9 Å². The number of H-pyrrole nitrogens is 1. The number of thiophene rings is 1. The Hall–Kier alpha value is -3.21. The van der Waals surface area contributed by atoms with Crippen LogP contribution < -0.4 is 27.4 Å². The quantitative estimate of drug-likeness (QED) is 0.409. The highest BCUT2D eigenvalue weighted by Gasteiger charge is 2.24. The third-order valence-electron chi connectivity index (χ3n) is 5.52. The van der Waals surface area contributed by atoms with E-state index in [-0.39, 0.29) is 35.9 Å². The number of carbonyl (C=O) groups excluding carboxylic acids is 1. The first-order valence-electron chi connectivity index (χ1n) is 11.2. The van der Waals surface area contributed by atoms with Crippen molar-refractivity contribution < 1.29 is 4.79 Å². The second kappa shape index (κ2) is 11.1. The van der Waals surface area contributed by atoms with Crippen LogP contribution in [-0.4, -0.2) is 31.6 Å². The van der Waals surface area contributed by atoms with Gasteiger partial charge in [-0.1, -0.05) is 33.1 Å². The van der Waals surface area contributed by atoms with Gasteiger partial charge in [-0.25, -0.2) is 9.78 Å². The predicted molar refractivity (Wildman–Crippen MR) is 131 cm³/mol. The molecule has 3 rings (SSSR count). The lowest BCUT2D eigenvalue weighted by Crippen LogP contribution is -2.42. The number of nitrogens with one attached hydrogen (secondary N) is 1. The number of aromatic nitrogens is 4. The van der Waals surface area contributed by atoms with Crippen LogP contribution in [0.5, 0.6) is 0 Å². The third-order valence-corrected chi connectivity index (χ3v) is 6.34. The Morgan fingerprint density at radius 3 is 2.64 bits per heavy atom. The average molecular weight is 475 g/mol. The van der Waals surface area contributed by atoms with E-state index >= 15 is 0 Å². The van der Waals surface area contributed by atoms with E-state index in [1.165, 1.54) is 31.7 Å². The molecule has 0 aliphatic heterocycles. The van der Waals surface area contributed by atoms with E-state index < -0.39 is 11.2 Å². The second-order valence-electron chi connectivity index (χ2n) is 7.88. The minimum Gasteiger partial charge on any atom is -0.383 e. The standard InChI is InChI=1S/C22H30N6O4S/c1-3-5-7-11-27(17-18(23)28(10-6-4-2)22(32)25-19(17)30)16(29)8-12-26-14-24-20-15(21(26)31)9-13-33-20/h9,13-14H,3-8,10-12,23H2,1-2H3,(H,25,30,32). The Balaban J connectivity index is 1.91. The molecule has 3 aromatic heterocycles. The van der Waals surface area contributed by atoms with Crippen LogP contribution in [0.2, 0.25) is 0 Å². The summed E-state index contributed by atoms with van der Waals surface area (Å²) in [5, 5.41) is 2.31. The molecule has 0 bridgehead atoms. The van der Waals surface area contributed by atoms with Crippen LogP contribution in [0.3, 0.4) is 0 Å². The molecule has 33 heavy (non-hydrogen) atoms. The van der Waals surface area contributed by atoms with Crippen LogP contribution >= 0.6 is 11.3 Å². The Kier molecular flexibility index (Phi) is 8.21. The second-order valence-corrected chi connectivity index (χ2v) is 8.78. The van der Waals surface area contributed by atoms with Crippen LogP contribution in [0.25, 0.3) is 10.2 Å². The molecule has 0 fully saturated rings. The summed E-state index contributed by atoms with van der Waals surface area (Å²) >= 11 is 1.38. The van der Waals surface area contributed by atoms with E-state index in [2.05, 4.69) is 9.97 Å². The van der Waals surface area contributed by atoms with Crippen LogP contribution in [0.4, 0.5) is 11.5 Å². The zero-order valence-corrected chi connectivity index (χ0v) is 19.8.